The first-order valence-electron chi connectivity index (χ1n) is 6.11. The molecule has 1 fully saturated rings. The standard InChI is InChI=1S/C12H19N3OS/c1-7(9-5-3-4-6-9)14-11(16)10-8(2)15-12(13)17-10/h7,9H,3-6H2,1-2H3,(H2,13,15)(H,14,16)/t7-/m1/s1. The normalized spacial score (nSPS) is 18.2. The van der Waals surface area contributed by atoms with E-state index in [0.29, 0.717) is 15.9 Å². The van der Waals surface area contributed by atoms with Crippen molar-refractivity contribution in [2.75, 3.05) is 5.73 Å². The van der Waals surface area contributed by atoms with Gasteiger partial charge in [-0.3, -0.25) is 4.79 Å². The van der Waals surface area contributed by atoms with Gasteiger partial charge in [-0.25, -0.2) is 4.98 Å². The summed E-state index contributed by atoms with van der Waals surface area (Å²) in [5.41, 5.74) is 6.32. The quantitative estimate of drug-likeness (QED) is 0.868. The zero-order chi connectivity index (χ0) is 12.4. The number of anilines is 1. The molecule has 17 heavy (non-hydrogen) atoms. The fourth-order valence-corrected chi connectivity index (χ4v) is 3.21. The van der Waals surface area contributed by atoms with E-state index < -0.39 is 0 Å². The SMILES string of the molecule is Cc1nc(N)sc1C(=O)N[C@H](C)C1CCCC1. The minimum atomic E-state index is -0.0314. The number of aromatic nitrogens is 1. The number of hydrogen-bond acceptors (Lipinski definition) is 4. The third-order valence-electron chi connectivity index (χ3n) is 3.49. The van der Waals surface area contributed by atoms with E-state index in [1.54, 1.807) is 0 Å². The topological polar surface area (TPSA) is 68.0 Å². The maximum atomic E-state index is 12.0. The third kappa shape index (κ3) is 2.77. The Kier molecular flexibility index (Phi) is 3.66. The summed E-state index contributed by atoms with van der Waals surface area (Å²) in [4.78, 5) is 16.8. The number of hydrogen-bond donors (Lipinski definition) is 2. The number of nitrogen functional groups attached to an aromatic ring is 1. The molecule has 1 saturated carbocycles. The summed E-state index contributed by atoms with van der Waals surface area (Å²) in [6, 6.07) is 0.243. The highest BCUT2D eigenvalue weighted by molar-refractivity contribution is 7.17. The Bertz CT molecular complexity index is 410. The lowest BCUT2D eigenvalue weighted by atomic mass is 10.00. The van der Waals surface area contributed by atoms with Crippen LogP contribution in [0.25, 0.3) is 0 Å². The molecule has 0 aromatic carbocycles. The van der Waals surface area contributed by atoms with Crippen LogP contribution in [0, 0.1) is 12.8 Å². The molecule has 1 atom stereocenters. The van der Waals surface area contributed by atoms with Crippen molar-refractivity contribution in [1.29, 1.82) is 0 Å². The second kappa shape index (κ2) is 5.04. The van der Waals surface area contributed by atoms with Crippen LogP contribution in [0.15, 0.2) is 0 Å². The van der Waals surface area contributed by atoms with Gasteiger partial charge in [0, 0.05) is 6.04 Å². The lowest BCUT2D eigenvalue weighted by Crippen LogP contribution is -2.37. The van der Waals surface area contributed by atoms with Crippen molar-refractivity contribution in [3.05, 3.63) is 10.6 Å². The van der Waals surface area contributed by atoms with Crippen molar-refractivity contribution in [3.63, 3.8) is 0 Å². The smallest absolute Gasteiger partial charge is 0.263 e. The fraction of sp³-hybridized carbons (Fsp3) is 0.667. The maximum absolute atomic E-state index is 12.0. The number of amides is 1. The summed E-state index contributed by atoms with van der Waals surface area (Å²) in [5, 5.41) is 3.53. The third-order valence-corrected chi connectivity index (χ3v) is 4.47. The molecule has 1 aliphatic carbocycles. The molecule has 1 amide bonds. The Balaban J connectivity index is 1.98. The lowest BCUT2D eigenvalue weighted by Gasteiger charge is -2.19. The molecule has 5 heteroatoms. The van der Waals surface area contributed by atoms with E-state index >= 15 is 0 Å². The van der Waals surface area contributed by atoms with E-state index in [1.165, 1.54) is 37.0 Å². The summed E-state index contributed by atoms with van der Waals surface area (Å²) in [5.74, 6) is 0.598. The molecule has 1 aliphatic rings. The summed E-state index contributed by atoms with van der Waals surface area (Å²) < 4.78 is 0. The predicted octanol–water partition coefficient (Wildman–Crippen LogP) is 2.34. The van der Waals surface area contributed by atoms with Gasteiger partial charge in [-0.1, -0.05) is 24.2 Å². The molecule has 0 aliphatic heterocycles. The Labute approximate surface area is 106 Å². The van der Waals surface area contributed by atoms with Gasteiger partial charge in [-0.2, -0.15) is 0 Å². The number of nitrogens with two attached hydrogens (primary N) is 1. The van der Waals surface area contributed by atoms with Gasteiger partial charge < -0.3 is 11.1 Å². The molecule has 0 spiro atoms. The molecule has 0 bridgehead atoms. The van der Waals surface area contributed by atoms with Crippen molar-refractivity contribution in [1.82, 2.24) is 10.3 Å². The van der Waals surface area contributed by atoms with E-state index in [9.17, 15) is 4.79 Å². The molecule has 3 N–H and O–H groups in total. The average molecular weight is 253 g/mol. The number of nitrogens with zero attached hydrogens (tertiary/aromatic N) is 1. The van der Waals surface area contributed by atoms with Crippen LogP contribution in [0.3, 0.4) is 0 Å². The van der Waals surface area contributed by atoms with Crippen molar-refractivity contribution in [2.45, 2.75) is 45.6 Å². The largest absolute Gasteiger partial charge is 0.375 e. The number of thiazole rings is 1. The second-order valence-corrected chi connectivity index (χ2v) is 5.80. The lowest BCUT2D eigenvalue weighted by molar-refractivity contribution is 0.0930. The molecule has 4 nitrogen and oxygen atoms in total. The Morgan fingerprint density at radius 2 is 2.18 bits per heavy atom. The van der Waals surface area contributed by atoms with Crippen molar-refractivity contribution in [3.8, 4) is 0 Å². The van der Waals surface area contributed by atoms with E-state index in [2.05, 4.69) is 17.2 Å². The molecule has 0 unspecified atom stereocenters. The van der Waals surface area contributed by atoms with Crippen LogP contribution in [0.5, 0.6) is 0 Å². The van der Waals surface area contributed by atoms with Gasteiger partial charge in [-0.05, 0) is 32.6 Å². The van der Waals surface area contributed by atoms with Gasteiger partial charge >= 0.3 is 0 Å². The summed E-state index contributed by atoms with van der Waals surface area (Å²) in [6.45, 7) is 3.91. The molecule has 1 heterocycles. The molecule has 94 valence electrons. The summed E-state index contributed by atoms with van der Waals surface area (Å²) in [7, 11) is 0. The van der Waals surface area contributed by atoms with Crippen LogP contribution in [0.4, 0.5) is 5.13 Å². The van der Waals surface area contributed by atoms with Crippen molar-refractivity contribution < 1.29 is 4.79 Å². The number of rotatable bonds is 3. The van der Waals surface area contributed by atoms with Gasteiger partial charge in [0.25, 0.3) is 5.91 Å². The van der Waals surface area contributed by atoms with Crippen LogP contribution in [0.1, 0.15) is 48.0 Å². The van der Waals surface area contributed by atoms with Crippen LogP contribution >= 0.6 is 11.3 Å². The minimum absolute atomic E-state index is 0.0314. The van der Waals surface area contributed by atoms with E-state index in [0.717, 1.165) is 5.69 Å². The number of aryl methyl sites for hydroxylation is 1. The second-order valence-electron chi connectivity index (χ2n) is 4.77. The fourth-order valence-electron chi connectivity index (χ4n) is 2.48. The zero-order valence-corrected chi connectivity index (χ0v) is 11.1. The highest BCUT2D eigenvalue weighted by Gasteiger charge is 2.24. The summed E-state index contributed by atoms with van der Waals surface area (Å²) >= 11 is 1.26. The Morgan fingerprint density at radius 3 is 2.71 bits per heavy atom. The van der Waals surface area contributed by atoms with E-state index in [4.69, 9.17) is 5.73 Å². The number of carbonyl (C=O) groups is 1. The van der Waals surface area contributed by atoms with Gasteiger partial charge in [0.05, 0.1) is 5.69 Å². The Morgan fingerprint density at radius 1 is 1.53 bits per heavy atom. The maximum Gasteiger partial charge on any atom is 0.263 e. The highest BCUT2D eigenvalue weighted by atomic mass is 32.1. The Hall–Kier alpha value is -1.10. The van der Waals surface area contributed by atoms with Crippen LogP contribution in [0.2, 0.25) is 0 Å². The van der Waals surface area contributed by atoms with Crippen molar-refractivity contribution in [2.24, 2.45) is 5.92 Å². The first-order valence-corrected chi connectivity index (χ1v) is 6.93. The van der Waals surface area contributed by atoms with Crippen LogP contribution in [-0.2, 0) is 0 Å². The zero-order valence-electron chi connectivity index (χ0n) is 10.3. The van der Waals surface area contributed by atoms with Gasteiger partial charge in [0.1, 0.15) is 4.88 Å². The molecule has 1 aromatic heterocycles. The predicted molar refractivity (Wildman–Crippen MR) is 70.1 cm³/mol. The molecule has 1 aromatic rings. The van der Waals surface area contributed by atoms with Crippen LogP contribution in [-0.4, -0.2) is 16.9 Å². The molecule has 0 radical (unpaired) electrons. The van der Waals surface area contributed by atoms with Crippen LogP contribution < -0.4 is 11.1 Å². The minimum Gasteiger partial charge on any atom is -0.375 e. The molecular formula is C12H19N3OS. The first-order chi connectivity index (χ1) is 8.08. The van der Waals surface area contributed by atoms with Gasteiger partial charge in [0.2, 0.25) is 0 Å². The summed E-state index contributed by atoms with van der Waals surface area (Å²) in [6.07, 6.45) is 5.03. The first kappa shape index (κ1) is 12.4. The highest BCUT2D eigenvalue weighted by Crippen LogP contribution is 2.28. The van der Waals surface area contributed by atoms with Gasteiger partial charge in [-0.15, -0.1) is 0 Å². The number of carbonyl (C=O) groups excluding carboxylic acids is 1. The molecule has 2 rings (SSSR count). The monoisotopic (exact) mass is 253 g/mol. The average Bonchev–Trinajstić information content (AvgIpc) is 2.87. The number of nitrogens with one attached hydrogen (secondary N) is 1. The van der Waals surface area contributed by atoms with Crippen molar-refractivity contribution >= 4 is 22.4 Å². The van der Waals surface area contributed by atoms with E-state index in [1.807, 2.05) is 6.92 Å². The molecular weight excluding hydrogens is 234 g/mol. The van der Waals surface area contributed by atoms with Gasteiger partial charge in [0.15, 0.2) is 5.13 Å². The van der Waals surface area contributed by atoms with E-state index in [-0.39, 0.29) is 11.9 Å². The molecule has 0 saturated heterocycles.